The lowest BCUT2D eigenvalue weighted by atomic mass is 10.2. The van der Waals surface area contributed by atoms with Gasteiger partial charge in [-0.25, -0.2) is 4.79 Å². The van der Waals surface area contributed by atoms with Crippen molar-refractivity contribution in [3.8, 4) is 0 Å². The monoisotopic (exact) mass is 218 g/mol. The Morgan fingerprint density at radius 3 is 2.88 bits per heavy atom. The summed E-state index contributed by atoms with van der Waals surface area (Å²) in [5.74, 6) is -0.0348. The van der Waals surface area contributed by atoms with E-state index in [-0.39, 0.29) is 5.91 Å². The van der Waals surface area contributed by atoms with E-state index < -0.39 is 0 Å². The van der Waals surface area contributed by atoms with Crippen LogP contribution in [0.2, 0.25) is 0 Å². The average Bonchev–Trinajstić information content (AvgIpc) is 2.24. The van der Waals surface area contributed by atoms with E-state index in [0.717, 1.165) is 12.0 Å². The summed E-state index contributed by atoms with van der Waals surface area (Å²) in [6.07, 6.45) is 2.78. The molecule has 1 aromatic rings. The van der Waals surface area contributed by atoms with Gasteiger partial charge in [0.1, 0.15) is 0 Å². The Morgan fingerprint density at radius 1 is 1.50 bits per heavy atom. The van der Waals surface area contributed by atoms with Gasteiger partial charge in [-0.2, -0.15) is 4.99 Å². The molecule has 1 amide bonds. The average molecular weight is 218 g/mol. The van der Waals surface area contributed by atoms with Crippen LogP contribution in [0.4, 0.5) is 11.4 Å². The van der Waals surface area contributed by atoms with Crippen LogP contribution in [-0.4, -0.2) is 12.0 Å². The standard InChI is InChI=1S/C12H14N2O2/c1-3-4-12(16)14-10-6-5-9(2)11(7-10)13-8-15/h5-7H,3-4H2,1-2H3,(H,14,16). The van der Waals surface area contributed by atoms with E-state index in [0.29, 0.717) is 17.8 Å². The molecule has 0 spiro atoms. The van der Waals surface area contributed by atoms with Crippen LogP contribution in [0.5, 0.6) is 0 Å². The Kier molecular flexibility index (Phi) is 4.42. The maximum Gasteiger partial charge on any atom is 0.240 e. The molecule has 4 nitrogen and oxygen atoms in total. The second kappa shape index (κ2) is 5.83. The van der Waals surface area contributed by atoms with Crippen molar-refractivity contribution < 1.29 is 9.59 Å². The quantitative estimate of drug-likeness (QED) is 0.624. The second-order valence-corrected chi connectivity index (χ2v) is 3.50. The summed E-state index contributed by atoms with van der Waals surface area (Å²) >= 11 is 0. The number of aryl methyl sites for hydroxylation is 1. The molecule has 84 valence electrons. The first-order chi connectivity index (χ1) is 7.67. The number of nitrogens with zero attached hydrogens (tertiary/aromatic N) is 1. The molecule has 0 aliphatic carbocycles. The van der Waals surface area contributed by atoms with Crippen LogP contribution in [0.1, 0.15) is 25.3 Å². The molecule has 0 saturated carbocycles. The molecule has 1 rings (SSSR count). The Labute approximate surface area is 94.4 Å². The number of rotatable bonds is 4. The number of nitrogens with one attached hydrogen (secondary N) is 1. The lowest BCUT2D eigenvalue weighted by Gasteiger charge is -2.06. The van der Waals surface area contributed by atoms with Crippen LogP contribution < -0.4 is 5.32 Å². The number of amides is 1. The molecule has 4 heteroatoms. The number of aliphatic imine (C=N–C) groups is 1. The summed E-state index contributed by atoms with van der Waals surface area (Å²) < 4.78 is 0. The van der Waals surface area contributed by atoms with Gasteiger partial charge < -0.3 is 5.32 Å². The van der Waals surface area contributed by atoms with Gasteiger partial charge in [0, 0.05) is 12.1 Å². The number of hydrogen-bond acceptors (Lipinski definition) is 3. The van der Waals surface area contributed by atoms with Crippen LogP contribution >= 0.6 is 0 Å². The number of carbonyl (C=O) groups excluding carboxylic acids is 2. The topological polar surface area (TPSA) is 58.5 Å². The lowest BCUT2D eigenvalue weighted by molar-refractivity contribution is -0.116. The highest BCUT2D eigenvalue weighted by molar-refractivity contribution is 5.91. The minimum Gasteiger partial charge on any atom is -0.326 e. The Morgan fingerprint density at radius 2 is 2.25 bits per heavy atom. The van der Waals surface area contributed by atoms with E-state index in [4.69, 9.17) is 0 Å². The SMILES string of the molecule is CCCC(=O)Nc1ccc(C)c(N=C=O)c1. The van der Waals surface area contributed by atoms with E-state index in [9.17, 15) is 9.59 Å². The molecule has 1 N–H and O–H groups in total. The van der Waals surface area contributed by atoms with E-state index >= 15 is 0 Å². The zero-order valence-electron chi connectivity index (χ0n) is 9.41. The predicted octanol–water partition coefficient (Wildman–Crippen LogP) is 2.70. The summed E-state index contributed by atoms with van der Waals surface area (Å²) in [4.78, 5) is 25.1. The van der Waals surface area contributed by atoms with Gasteiger partial charge >= 0.3 is 0 Å². The summed E-state index contributed by atoms with van der Waals surface area (Å²) in [6.45, 7) is 3.78. The zero-order valence-corrected chi connectivity index (χ0v) is 9.41. The predicted molar refractivity (Wildman–Crippen MR) is 62.5 cm³/mol. The first kappa shape index (κ1) is 12.1. The highest BCUT2D eigenvalue weighted by atomic mass is 16.1. The number of hydrogen-bond donors (Lipinski definition) is 1. The maximum atomic E-state index is 11.3. The molecule has 0 aliphatic heterocycles. The summed E-state index contributed by atoms with van der Waals surface area (Å²) in [7, 11) is 0. The van der Waals surface area contributed by atoms with Crippen LogP contribution in [0.25, 0.3) is 0 Å². The fourth-order valence-corrected chi connectivity index (χ4v) is 1.31. The molecule has 0 fully saturated rings. The molecule has 16 heavy (non-hydrogen) atoms. The summed E-state index contributed by atoms with van der Waals surface area (Å²) in [5, 5.41) is 2.74. The maximum absolute atomic E-state index is 11.3. The van der Waals surface area contributed by atoms with Gasteiger partial charge in [-0.15, -0.1) is 0 Å². The van der Waals surface area contributed by atoms with Crippen molar-refractivity contribution in [2.45, 2.75) is 26.7 Å². The molecule has 0 unspecified atom stereocenters. The van der Waals surface area contributed by atoms with Crippen LogP contribution in [-0.2, 0) is 9.59 Å². The molecule has 0 heterocycles. The minimum atomic E-state index is -0.0348. The second-order valence-electron chi connectivity index (χ2n) is 3.50. The normalized spacial score (nSPS) is 9.38. The number of carbonyl (C=O) groups is 1. The molecule has 0 saturated heterocycles. The molecule has 0 radical (unpaired) electrons. The Bertz CT molecular complexity index is 435. The Hall–Kier alpha value is -1.93. The fraction of sp³-hybridized carbons (Fsp3) is 0.333. The third-order valence-electron chi connectivity index (χ3n) is 2.14. The summed E-state index contributed by atoms with van der Waals surface area (Å²) in [6, 6.07) is 5.25. The molecular weight excluding hydrogens is 204 g/mol. The van der Waals surface area contributed by atoms with Crippen LogP contribution in [0, 0.1) is 6.92 Å². The molecule has 0 aromatic heterocycles. The van der Waals surface area contributed by atoms with Crippen molar-refractivity contribution >= 4 is 23.4 Å². The third-order valence-corrected chi connectivity index (χ3v) is 2.14. The Balaban J connectivity index is 2.86. The van der Waals surface area contributed by atoms with E-state index in [1.807, 2.05) is 13.8 Å². The van der Waals surface area contributed by atoms with Crippen molar-refractivity contribution in [1.29, 1.82) is 0 Å². The highest BCUT2D eigenvalue weighted by Gasteiger charge is 2.03. The van der Waals surface area contributed by atoms with Crippen molar-refractivity contribution in [3.05, 3.63) is 23.8 Å². The van der Waals surface area contributed by atoms with E-state index in [1.165, 1.54) is 6.08 Å². The molecule has 0 atom stereocenters. The van der Waals surface area contributed by atoms with Gasteiger partial charge in [0.25, 0.3) is 0 Å². The van der Waals surface area contributed by atoms with Crippen molar-refractivity contribution in [2.24, 2.45) is 4.99 Å². The third kappa shape index (κ3) is 3.33. The van der Waals surface area contributed by atoms with Crippen molar-refractivity contribution in [2.75, 3.05) is 5.32 Å². The lowest BCUT2D eigenvalue weighted by Crippen LogP contribution is -2.10. The first-order valence-electron chi connectivity index (χ1n) is 5.15. The molecular formula is C12H14N2O2. The molecule has 1 aromatic carbocycles. The van der Waals surface area contributed by atoms with E-state index in [2.05, 4.69) is 10.3 Å². The number of anilines is 1. The largest absolute Gasteiger partial charge is 0.326 e. The van der Waals surface area contributed by atoms with Gasteiger partial charge in [-0.05, 0) is 31.0 Å². The highest BCUT2D eigenvalue weighted by Crippen LogP contribution is 2.22. The van der Waals surface area contributed by atoms with Gasteiger partial charge in [0.15, 0.2) is 0 Å². The zero-order chi connectivity index (χ0) is 12.0. The smallest absolute Gasteiger partial charge is 0.240 e. The van der Waals surface area contributed by atoms with E-state index in [1.54, 1.807) is 18.2 Å². The molecule has 0 bridgehead atoms. The molecule has 0 aliphatic rings. The summed E-state index contributed by atoms with van der Waals surface area (Å²) in [5.41, 5.74) is 2.05. The minimum absolute atomic E-state index is 0.0348. The van der Waals surface area contributed by atoms with Crippen LogP contribution in [0.3, 0.4) is 0 Å². The fourth-order valence-electron chi connectivity index (χ4n) is 1.31. The van der Waals surface area contributed by atoms with Crippen molar-refractivity contribution in [3.63, 3.8) is 0 Å². The first-order valence-corrected chi connectivity index (χ1v) is 5.15. The van der Waals surface area contributed by atoms with Gasteiger partial charge in [-0.3, -0.25) is 4.79 Å². The number of benzene rings is 1. The van der Waals surface area contributed by atoms with Gasteiger partial charge in [0.2, 0.25) is 12.0 Å². The van der Waals surface area contributed by atoms with Gasteiger partial charge in [-0.1, -0.05) is 13.0 Å². The van der Waals surface area contributed by atoms with Crippen molar-refractivity contribution in [1.82, 2.24) is 0 Å². The van der Waals surface area contributed by atoms with Crippen LogP contribution in [0.15, 0.2) is 23.2 Å². The van der Waals surface area contributed by atoms with Gasteiger partial charge in [0.05, 0.1) is 5.69 Å². The number of isocyanates is 1.